The van der Waals surface area contributed by atoms with Crippen LogP contribution < -0.4 is 5.32 Å². The molecular weight excluding hydrogens is 296 g/mol. The molecule has 1 amide bonds. The van der Waals surface area contributed by atoms with Crippen molar-refractivity contribution >= 4 is 27.5 Å². The normalized spacial score (nSPS) is 22.8. The molecule has 96 valence electrons. The number of anilines is 1. The minimum absolute atomic E-state index is 0.0896. The molecular formula is C13H15BrN2O2. The van der Waals surface area contributed by atoms with Crippen molar-refractivity contribution in [2.75, 3.05) is 25.1 Å². The number of benzene rings is 1. The summed E-state index contributed by atoms with van der Waals surface area (Å²) < 4.78 is 6.56. The fraction of sp³-hybridized carbons (Fsp3) is 0.462. The molecule has 18 heavy (non-hydrogen) atoms. The number of rotatable bonds is 2. The third-order valence-electron chi connectivity index (χ3n) is 3.41. The van der Waals surface area contributed by atoms with Crippen LogP contribution in [0.5, 0.6) is 0 Å². The van der Waals surface area contributed by atoms with E-state index in [1.165, 1.54) is 0 Å². The third-order valence-corrected chi connectivity index (χ3v) is 3.90. The quantitative estimate of drug-likeness (QED) is 0.912. The summed E-state index contributed by atoms with van der Waals surface area (Å²) in [6, 6.07) is 5.70. The Hall–Kier alpha value is -1.07. The van der Waals surface area contributed by atoms with Crippen LogP contribution >= 0.6 is 15.9 Å². The Balaban J connectivity index is 1.76. The van der Waals surface area contributed by atoms with E-state index < -0.39 is 0 Å². The van der Waals surface area contributed by atoms with Crippen LogP contribution in [0.3, 0.4) is 0 Å². The second kappa shape index (κ2) is 4.90. The Labute approximate surface area is 114 Å². The van der Waals surface area contributed by atoms with E-state index in [9.17, 15) is 4.79 Å². The van der Waals surface area contributed by atoms with Gasteiger partial charge in [0.1, 0.15) is 0 Å². The van der Waals surface area contributed by atoms with Gasteiger partial charge in [-0.2, -0.15) is 0 Å². The molecule has 0 bridgehead atoms. The van der Waals surface area contributed by atoms with Crippen molar-refractivity contribution in [1.82, 2.24) is 4.90 Å². The number of carbonyl (C=O) groups excluding carboxylic acids is 1. The average molecular weight is 311 g/mol. The predicted molar refractivity (Wildman–Crippen MR) is 72.6 cm³/mol. The van der Waals surface area contributed by atoms with Gasteiger partial charge in [-0.3, -0.25) is 4.79 Å². The largest absolute Gasteiger partial charge is 0.376 e. The van der Waals surface area contributed by atoms with E-state index in [2.05, 4.69) is 21.2 Å². The van der Waals surface area contributed by atoms with Crippen LogP contribution in [0.4, 0.5) is 5.69 Å². The van der Waals surface area contributed by atoms with E-state index in [1.54, 1.807) is 0 Å². The molecule has 2 aliphatic rings. The molecule has 0 unspecified atom stereocenters. The zero-order valence-corrected chi connectivity index (χ0v) is 11.6. The zero-order valence-electron chi connectivity index (χ0n) is 9.99. The summed E-state index contributed by atoms with van der Waals surface area (Å²) in [5.41, 5.74) is 1.64. The second-order valence-corrected chi connectivity index (χ2v) is 5.60. The lowest BCUT2D eigenvalue weighted by Gasteiger charge is -2.31. The maximum Gasteiger partial charge on any atom is 0.257 e. The maximum atomic E-state index is 12.3. The smallest absolute Gasteiger partial charge is 0.257 e. The molecule has 0 saturated carbocycles. The first-order chi connectivity index (χ1) is 8.74. The topological polar surface area (TPSA) is 41.6 Å². The van der Waals surface area contributed by atoms with Crippen LogP contribution in [-0.2, 0) is 4.74 Å². The number of nitrogens with zero attached hydrogens (tertiary/aromatic N) is 1. The molecule has 0 radical (unpaired) electrons. The minimum Gasteiger partial charge on any atom is -0.376 e. The average Bonchev–Trinajstić information content (AvgIpc) is 2.85. The van der Waals surface area contributed by atoms with Crippen molar-refractivity contribution in [2.45, 2.75) is 18.9 Å². The number of ether oxygens (including phenoxy) is 1. The Kier molecular flexibility index (Phi) is 3.26. The molecule has 1 aromatic rings. The van der Waals surface area contributed by atoms with E-state index in [1.807, 2.05) is 23.1 Å². The van der Waals surface area contributed by atoms with E-state index in [-0.39, 0.29) is 12.0 Å². The van der Waals surface area contributed by atoms with Crippen LogP contribution in [0.25, 0.3) is 0 Å². The van der Waals surface area contributed by atoms with Crippen molar-refractivity contribution in [3.05, 3.63) is 28.2 Å². The lowest BCUT2D eigenvalue weighted by atomic mass is 10.1. The maximum absolute atomic E-state index is 12.3. The Morgan fingerprint density at radius 3 is 3.17 bits per heavy atom. The van der Waals surface area contributed by atoms with E-state index in [0.717, 1.165) is 35.2 Å². The van der Waals surface area contributed by atoms with Crippen molar-refractivity contribution in [2.24, 2.45) is 0 Å². The monoisotopic (exact) mass is 310 g/mol. The molecule has 0 spiro atoms. The van der Waals surface area contributed by atoms with Gasteiger partial charge >= 0.3 is 0 Å². The third kappa shape index (κ3) is 2.24. The molecule has 1 atom stereocenters. The standard InChI is InChI=1S/C13H15BrN2O2/c14-9-3-4-11-12(6-9)15-8-16(13(11)17)7-10-2-1-5-18-10/h3-4,6,10,15H,1-2,5,7-8H2/t10-/m1/s1. The van der Waals surface area contributed by atoms with Gasteiger partial charge in [-0.25, -0.2) is 0 Å². The first kappa shape index (κ1) is 12.0. The first-order valence-electron chi connectivity index (χ1n) is 6.18. The highest BCUT2D eigenvalue weighted by atomic mass is 79.9. The summed E-state index contributed by atoms with van der Waals surface area (Å²) in [4.78, 5) is 14.2. The van der Waals surface area contributed by atoms with Crippen LogP contribution in [0.15, 0.2) is 22.7 Å². The highest BCUT2D eigenvalue weighted by Gasteiger charge is 2.27. The highest BCUT2D eigenvalue weighted by molar-refractivity contribution is 9.10. The van der Waals surface area contributed by atoms with Crippen LogP contribution in [-0.4, -0.2) is 36.7 Å². The number of hydrogen-bond donors (Lipinski definition) is 1. The van der Waals surface area contributed by atoms with Crippen molar-refractivity contribution in [3.63, 3.8) is 0 Å². The number of amides is 1. The summed E-state index contributed by atoms with van der Waals surface area (Å²) in [6.07, 6.45) is 2.36. The molecule has 4 nitrogen and oxygen atoms in total. The van der Waals surface area contributed by atoms with Crippen LogP contribution in [0, 0.1) is 0 Å². The number of hydrogen-bond acceptors (Lipinski definition) is 3. The summed E-state index contributed by atoms with van der Waals surface area (Å²) in [7, 11) is 0. The van der Waals surface area contributed by atoms with Gasteiger partial charge in [-0.15, -0.1) is 0 Å². The van der Waals surface area contributed by atoms with Gasteiger partial charge in [0.25, 0.3) is 5.91 Å². The lowest BCUT2D eigenvalue weighted by Crippen LogP contribution is -2.43. The van der Waals surface area contributed by atoms with E-state index in [4.69, 9.17) is 4.74 Å². The van der Waals surface area contributed by atoms with Crippen molar-refractivity contribution in [1.29, 1.82) is 0 Å². The molecule has 2 heterocycles. The molecule has 0 aliphatic carbocycles. The van der Waals surface area contributed by atoms with Gasteiger partial charge in [0.2, 0.25) is 0 Å². The Morgan fingerprint density at radius 2 is 2.39 bits per heavy atom. The molecule has 0 aromatic heterocycles. The van der Waals surface area contributed by atoms with Gasteiger partial charge < -0.3 is 15.0 Å². The number of nitrogens with one attached hydrogen (secondary N) is 1. The summed E-state index contributed by atoms with van der Waals surface area (Å²) in [5.74, 6) is 0.0896. The molecule has 1 aromatic carbocycles. The van der Waals surface area contributed by atoms with E-state index in [0.29, 0.717) is 13.2 Å². The number of fused-ring (bicyclic) bond motifs is 1. The number of halogens is 1. The van der Waals surface area contributed by atoms with Crippen LogP contribution in [0.2, 0.25) is 0 Å². The second-order valence-electron chi connectivity index (χ2n) is 4.69. The lowest BCUT2D eigenvalue weighted by molar-refractivity contribution is 0.0534. The molecule has 2 aliphatic heterocycles. The Bertz CT molecular complexity index is 472. The summed E-state index contributed by atoms with van der Waals surface area (Å²) in [6.45, 7) is 2.06. The molecule has 1 saturated heterocycles. The summed E-state index contributed by atoms with van der Waals surface area (Å²) in [5, 5.41) is 3.28. The molecule has 1 N–H and O–H groups in total. The van der Waals surface area contributed by atoms with Gasteiger partial charge in [0.05, 0.1) is 18.3 Å². The molecule has 1 fully saturated rings. The van der Waals surface area contributed by atoms with Gasteiger partial charge in [0.15, 0.2) is 0 Å². The highest BCUT2D eigenvalue weighted by Crippen LogP contribution is 2.26. The molecule has 3 rings (SSSR count). The first-order valence-corrected chi connectivity index (χ1v) is 6.97. The fourth-order valence-corrected chi connectivity index (χ4v) is 2.81. The zero-order chi connectivity index (χ0) is 12.5. The minimum atomic E-state index is 0.0896. The SMILES string of the molecule is O=C1c2ccc(Br)cc2NCN1C[C@H]1CCCO1. The van der Waals surface area contributed by atoms with Gasteiger partial charge in [-0.1, -0.05) is 15.9 Å². The van der Waals surface area contributed by atoms with E-state index >= 15 is 0 Å². The van der Waals surface area contributed by atoms with Gasteiger partial charge in [0, 0.05) is 23.3 Å². The Morgan fingerprint density at radius 1 is 1.50 bits per heavy atom. The van der Waals surface area contributed by atoms with Gasteiger partial charge in [-0.05, 0) is 31.0 Å². The van der Waals surface area contributed by atoms with Crippen molar-refractivity contribution < 1.29 is 9.53 Å². The predicted octanol–water partition coefficient (Wildman–Crippen LogP) is 2.45. The summed E-state index contributed by atoms with van der Waals surface area (Å²) >= 11 is 3.41. The van der Waals surface area contributed by atoms with Crippen molar-refractivity contribution in [3.8, 4) is 0 Å². The molecule has 5 heteroatoms. The number of carbonyl (C=O) groups is 1. The fourth-order valence-electron chi connectivity index (χ4n) is 2.45. The van der Waals surface area contributed by atoms with Crippen LogP contribution in [0.1, 0.15) is 23.2 Å².